The number of esters is 1. The van der Waals surface area contributed by atoms with E-state index in [4.69, 9.17) is 4.74 Å². The highest BCUT2D eigenvalue weighted by molar-refractivity contribution is 6.07. The van der Waals surface area contributed by atoms with E-state index in [0.29, 0.717) is 22.0 Å². The van der Waals surface area contributed by atoms with Crippen molar-refractivity contribution in [3.05, 3.63) is 99.5 Å². The van der Waals surface area contributed by atoms with Crippen LogP contribution in [0, 0.1) is 20.8 Å². The van der Waals surface area contributed by atoms with E-state index in [2.05, 4.69) is 5.32 Å². The highest BCUT2D eigenvalue weighted by Gasteiger charge is 2.23. The zero-order valence-corrected chi connectivity index (χ0v) is 19.6. The quantitative estimate of drug-likeness (QED) is 0.434. The van der Waals surface area contributed by atoms with Gasteiger partial charge in [-0.05, 0) is 61.0 Å². The number of aryl methyl sites for hydroxylation is 3. The van der Waals surface area contributed by atoms with Crippen LogP contribution < -0.4 is 10.9 Å². The van der Waals surface area contributed by atoms with Crippen molar-refractivity contribution in [2.45, 2.75) is 20.8 Å². The Hall–Kier alpha value is -4.19. The highest BCUT2D eigenvalue weighted by atomic mass is 16.5. The number of hydrogen-bond acceptors (Lipinski definition) is 4. The van der Waals surface area contributed by atoms with E-state index in [1.54, 1.807) is 19.2 Å². The molecule has 172 valence electrons. The molecule has 6 heteroatoms. The van der Waals surface area contributed by atoms with Crippen molar-refractivity contribution < 1.29 is 14.3 Å². The first kappa shape index (κ1) is 23.0. The first-order valence-electron chi connectivity index (χ1n) is 11.0. The molecule has 1 amide bonds. The second-order valence-corrected chi connectivity index (χ2v) is 8.50. The molecule has 3 aromatic carbocycles. The Bertz CT molecular complexity index is 1450. The zero-order valence-electron chi connectivity index (χ0n) is 19.6. The molecular weight excluding hydrogens is 428 g/mol. The van der Waals surface area contributed by atoms with Crippen LogP contribution in [0.3, 0.4) is 0 Å². The molecule has 6 nitrogen and oxygen atoms in total. The van der Waals surface area contributed by atoms with Gasteiger partial charge >= 0.3 is 5.97 Å². The van der Waals surface area contributed by atoms with Crippen molar-refractivity contribution in [2.24, 2.45) is 7.05 Å². The molecule has 0 saturated carbocycles. The lowest BCUT2D eigenvalue weighted by molar-refractivity contribution is -0.119. The summed E-state index contributed by atoms with van der Waals surface area (Å²) in [6, 6.07) is 20.6. The molecule has 0 fully saturated rings. The molecule has 0 aliphatic heterocycles. The van der Waals surface area contributed by atoms with Gasteiger partial charge in [-0.15, -0.1) is 0 Å². The lowest BCUT2D eigenvalue weighted by Crippen LogP contribution is -2.28. The van der Waals surface area contributed by atoms with Crippen LogP contribution in [0.4, 0.5) is 5.69 Å². The number of amides is 1. The SMILES string of the molecule is Cc1ccc(-c2c(C(=O)OCC(=O)Nc3cc(C)cc(C)c3)n(C)c(=O)c3ccccc23)cc1. The van der Waals surface area contributed by atoms with Crippen LogP contribution in [0.15, 0.2) is 71.5 Å². The third-order valence-corrected chi connectivity index (χ3v) is 5.68. The molecule has 0 spiro atoms. The summed E-state index contributed by atoms with van der Waals surface area (Å²) < 4.78 is 6.68. The molecule has 0 bridgehead atoms. The van der Waals surface area contributed by atoms with Gasteiger partial charge in [-0.1, -0.05) is 54.1 Å². The van der Waals surface area contributed by atoms with Crippen LogP contribution in [0.25, 0.3) is 21.9 Å². The molecule has 1 aromatic heterocycles. The van der Waals surface area contributed by atoms with E-state index in [0.717, 1.165) is 22.3 Å². The van der Waals surface area contributed by atoms with Crippen LogP contribution in [0.1, 0.15) is 27.2 Å². The number of nitrogens with one attached hydrogen (secondary N) is 1. The van der Waals surface area contributed by atoms with Crippen molar-refractivity contribution in [1.82, 2.24) is 4.57 Å². The molecule has 4 aromatic rings. The molecule has 0 saturated heterocycles. The number of fused-ring (bicyclic) bond motifs is 1. The minimum atomic E-state index is -0.739. The average Bonchev–Trinajstić information content (AvgIpc) is 2.80. The molecule has 0 aliphatic rings. The van der Waals surface area contributed by atoms with E-state index in [1.807, 2.05) is 75.4 Å². The first-order chi connectivity index (χ1) is 16.2. The summed E-state index contributed by atoms with van der Waals surface area (Å²) in [7, 11) is 1.54. The number of pyridine rings is 1. The Kier molecular flexibility index (Phi) is 6.32. The molecule has 0 radical (unpaired) electrons. The summed E-state index contributed by atoms with van der Waals surface area (Å²) in [5.74, 6) is -1.20. The highest BCUT2D eigenvalue weighted by Crippen LogP contribution is 2.31. The average molecular weight is 455 g/mol. The van der Waals surface area contributed by atoms with Gasteiger partial charge in [-0.3, -0.25) is 9.59 Å². The summed E-state index contributed by atoms with van der Waals surface area (Å²) in [4.78, 5) is 38.7. The number of carbonyl (C=O) groups excluding carboxylic acids is 2. The number of hydrogen-bond donors (Lipinski definition) is 1. The Morgan fingerprint density at radius 2 is 1.47 bits per heavy atom. The molecule has 1 heterocycles. The molecule has 0 atom stereocenters. The largest absolute Gasteiger partial charge is 0.451 e. The van der Waals surface area contributed by atoms with E-state index in [1.165, 1.54) is 4.57 Å². The summed E-state index contributed by atoms with van der Waals surface area (Å²) in [5.41, 5.74) is 4.91. The second kappa shape index (κ2) is 9.35. The van der Waals surface area contributed by atoms with Gasteiger partial charge in [0, 0.05) is 23.7 Å². The van der Waals surface area contributed by atoms with Gasteiger partial charge in [0.25, 0.3) is 11.5 Å². The summed E-state index contributed by atoms with van der Waals surface area (Å²) in [5, 5.41) is 3.91. The van der Waals surface area contributed by atoms with Gasteiger partial charge in [0.05, 0.1) is 0 Å². The number of ether oxygens (including phenoxy) is 1. The monoisotopic (exact) mass is 454 g/mol. The predicted octanol–water partition coefficient (Wildman–Crippen LogP) is 4.93. The van der Waals surface area contributed by atoms with Crippen LogP contribution >= 0.6 is 0 Å². The predicted molar refractivity (Wildman–Crippen MR) is 134 cm³/mol. The zero-order chi connectivity index (χ0) is 24.4. The Labute approximate surface area is 197 Å². The molecule has 4 rings (SSSR count). The normalized spacial score (nSPS) is 10.8. The van der Waals surface area contributed by atoms with E-state index in [9.17, 15) is 14.4 Å². The minimum Gasteiger partial charge on any atom is -0.451 e. The number of aromatic nitrogens is 1. The maximum atomic E-state index is 13.2. The van der Waals surface area contributed by atoms with E-state index < -0.39 is 18.5 Å². The fraction of sp³-hybridized carbons (Fsp3) is 0.179. The first-order valence-corrected chi connectivity index (χ1v) is 11.0. The number of anilines is 1. The number of carbonyl (C=O) groups is 2. The molecular formula is C28H26N2O4. The van der Waals surface area contributed by atoms with Crippen molar-refractivity contribution in [3.8, 4) is 11.1 Å². The summed E-state index contributed by atoms with van der Waals surface area (Å²) in [6.07, 6.45) is 0. The second-order valence-electron chi connectivity index (χ2n) is 8.50. The smallest absolute Gasteiger partial charge is 0.356 e. The fourth-order valence-electron chi connectivity index (χ4n) is 4.16. The number of benzene rings is 3. The van der Waals surface area contributed by atoms with Crippen molar-refractivity contribution in [3.63, 3.8) is 0 Å². The van der Waals surface area contributed by atoms with Gasteiger partial charge in [-0.2, -0.15) is 0 Å². The standard InChI is InChI=1S/C28H26N2O4/c1-17-9-11-20(12-10-17)25-22-7-5-6-8-23(22)27(32)30(4)26(25)28(33)34-16-24(31)29-21-14-18(2)13-19(3)15-21/h5-15H,16H2,1-4H3,(H,29,31). The topological polar surface area (TPSA) is 77.4 Å². The third-order valence-electron chi connectivity index (χ3n) is 5.68. The van der Waals surface area contributed by atoms with Crippen LogP contribution in [-0.2, 0) is 16.6 Å². The van der Waals surface area contributed by atoms with E-state index in [-0.39, 0.29) is 11.3 Å². The third kappa shape index (κ3) is 4.62. The molecule has 0 aliphatic carbocycles. The van der Waals surface area contributed by atoms with Crippen molar-refractivity contribution >= 4 is 28.3 Å². The maximum Gasteiger partial charge on any atom is 0.356 e. The summed E-state index contributed by atoms with van der Waals surface area (Å²) >= 11 is 0. The Morgan fingerprint density at radius 1 is 0.853 bits per heavy atom. The van der Waals surface area contributed by atoms with Gasteiger partial charge in [-0.25, -0.2) is 4.79 Å². The summed E-state index contributed by atoms with van der Waals surface area (Å²) in [6.45, 7) is 5.39. The van der Waals surface area contributed by atoms with Gasteiger partial charge in [0.15, 0.2) is 6.61 Å². The van der Waals surface area contributed by atoms with Gasteiger partial charge < -0.3 is 14.6 Å². The number of nitrogens with zero attached hydrogens (tertiary/aromatic N) is 1. The molecule has 1 N–H and O–H groups in total. The lowest BCUT2D eigenvalue weighted by Gasteiger charge is -2.17. The molecule has 0 unspecified atom stereocenters. The Morgan fingerprint density at radius 3 is 2.12 bits per heavy atom. The van der Waals surface area contributed by atoms with E-state index >= 15 is 0 Å². The van der Waals surface area contributed by atoms with Crippen molar-refractivity contribution in [2.75, 3.05) is 11.9 Å². The van der Waals surface area contributed by atoms with Gasteiger partial charge in [0.1, 0.15) is 5.69 Å². The van der Waals surface area contributed by atoms with Crippen LogP contribution in [0.5, 0.6) is 0 Å². The minimum absolute atomic E-state index is 0.103. The lowest BCUT2D eigenvalue weighted by atomic mass is 9.96. The fourth-order valence-corrected chi connectivity index (χ4v) is 4.16. The Balaban J connectivity index is 1.69. The van der Waals surface area contributed by atoms with Gasteiger partial charge in [0.2, 0.25) is 0 Å². The van der Waals surface area contributed by atoms with Crippen LogP contribution in [-0.4, -0.2) is 23.1 Å². The van der Waals surface area contributed by atoms with Crippen LogP contribution in [0.2, 0.25) is 0 Å². The maximum absolute atomic E-state index is 13.2. The van der Waals surface area contributed by atoms with Crippen molar-refractivity contribution in [1.29, 1.82) is 0 Å². The number of rotatable bonds is 5. The molecule has 34 heavy (non-hydrogen) atoms.